The summed E-state index contributed by atoms with van der Waals surface area (Å²) in [6.07, 6.45) is 0. The van der Waals surface area contributed by atoms with E-state index in [0.29, 0.717) is 5.69 Å². The van der Waals surface area contributed by atoms with Crippen molar-refractivity contribution in [3.63, 3.8) is 0 Å². The Kier molecular flexibility index (Phi) is 2.24. The van der Waals surface area contributed by atoms with Gasteiger partial charge in [0.25, 0.3) is 5.91 Å². The van der Waals surface area contributed by atoms with Crippen molar-refractivity contribution in [2.45, 2.75) is 0 Å². The first-order chi connectivity index (χ1) is 7.13. The van der Waals surface area contributed by atoms with E-state index in [9.17, 15) is 9.59 Å². The van der Waals surface area contributed by atoms with Crippen LogP contribution >= 0.6 is 12.2 Å². The highest BCUT2D eigenvalue weighted by atomic mass is 32.1. The van der Waals surface area contributed by atoms with Gasteiger partial charge in [-0.15, -0.1) is 0 Å². The Balaban J connectivity index is 2.44. The molecule has 0 saturated carbocycles. The third-order valence-electron chi connectivity index (χ3n) is 2.18. The van der Waals surface area contributed by atoms with Crippen LogP contribution in [-0.2, 0) is 4.79 Å². The quantitative estimate of drug-likeness (QED) is 0.530. The van der Waals surface area contributed by atoms with E-state index in [1.165, 1.54) is 11.9 Å². The number of nitrogens with zero attached hydrogens (tertiary/aromatic N) is 2. The van der Waals surface area contributed by atoms with E-state index in [2.05, 4.69) is 0 Å². The molecule has 4 nitrogen and oxygen atoms in total. The van der Waals surface area contributed by atoms with E-state index >= 15 is 0 Å². The highest BCUT2D eigenvalue weighted by Crippen LogP contribution is 2.20. The molecule has 0 bridgehead atoms. The summed E-state index contributed by atoms with van der Waals surface area (Å²) in [5.41, 5.74) is 0.541. The molecule has 0 aromatic heterocycles. The van der Waals surface area contributed by atoms with E-state index in [-0.39, 0.29) is 4.99 Å². The summed E-state index contributed by atoms with van der Waals surface area (Å²) in [7, 11) is 1.49. The van der Waals surface area contributed by atoms with Gasteiger partial charge in [0.15, 0.2) is 4.99 Å². The number of anilines is 1. The molecule has 1 aromatic rings. The van der Waals surface area contributed by atoms with Crippen LogP contribution in [0, 0.1) is 0 Å². The summed E-state index contributed by atoms with van der Waals surface area (Å²) in [6, 6.07) is 8.32. The van der Waals surface area contributed by atoms with E-state index in [1.807, 2.05) is 6.07 Å². The van der Waals surface area contributed by atoms with Crippen molar-refractivity contribution < 1.29 is 9.59 Å². The largest absolute Gasteiger partial charge is 0.336 e. The number of thiocarbonyl (C=S) groups is 1. The lowest BCUT2D eigenvalue weighted by Gasteiger charge is -2.12. The monoisotopic (exact) mass is 220 g/mol. The van der Waals surface area contributed by atoms with Crippen molar-refractivity contribution in [2.75, 3.05) is 11.9 Å². The first-order valence-corrected chi connectivity index (χ1v) is 4.75. The van der Waals surface area contributed by atoms with E-state index < -0.39 is 11.9 Å². The number of carbonyl (C=O) groups excluding carboxylic acids is 2. The van der Waals surface area contributed by atoms with Crippen molar-refractivity contribution in [3.8, 4) is 0 Å². The lowest BCUT2D eigenvalue weighted by molar-refractivity contribution is -0.111. The Hall–Kier alpha value is -1.75. The lowest BCUT2D eigenvalue weighted by Crippen LogP contribution is -2.31. The predicted octanol–water partition coefficient (Wildman–Crippen LogP) is 1.41. The summed E-state index contributed by atoms with van der Waals surface area (Å²) < 4.78 is 0. The maximum atomic E-state index is 11.7. The topological polar surface area (TPSA) is 40.6 Å². The predicted molar refractivity (Wildman–Crippen MR) is 59.7 cm³/mol. The van der Waals surface area contributed by atoms with Crippen molar-refractivity contribution in [3.05, 3.63) is 30.3 Å². The second-order valence-corrected chi connectivity index (χ2v) is 3.51. The summed E-state index contributed by atoms with van der Waals surface area (Å²) in [6.45, 7) is 0. The summed E-state index contributed by atoms with van der Waals surface area (Å²) in [5.74, 6) is -0.441. The maximum absolute atomic E-state index is 11.7. The first kappa shape index (κ1) is 9.79. The molecule has 0 spiro atoms. The Labute approximate surface area is 92.1 Å². The molecule has 5 heteroatoms. The molecule has 0 aliphatic carbocycles. The Morgan fingerprint density at radius 2 is 1.73 bits per heavy atom. The fraction of sp³-hybridized carbons (Fsp3) is 0.100. The molecule has 1 aliphatic heterocycles. The molecule has 1 heterocycles. The molecular formula is C10H8N2O2S. The van der Waals surface area contributed by atoms with Gasteiger partial charge < -0.3 is 0 Å². The second kappa shape index (κ2) is 3.43. The van der Waals surface area contributed by atoms with Crippen molar-refractivity contribution in [2.24, 2.45) is 0 Å². The van der Waals surface area contributed by atoms with Crippen molar-refractivity contribution in [1.29, 1.82) is 0 Å². The van der Waals surface area contributed by atoms with Gasteiger partial charge in [-0.05, 0) is 12.1 Å². The minimum atomic E-state index is -0.441. The number of likely N-dealkylation sites (N-methyl/N-ethyl adjacent to an activating group) is 1. The number of para-hydroxylation sites is 1. The van der Waals surface area contributed by atoms with Gasteiger partial charge in [0.05, 0.1) is 5.69 Å². The zero-order chi connectivity index (χ0) is 11.0. The standard InChI is InChI=1S/C10H8N2O2S/c1-11-9(15)8(13)12(10(11)14)7-5-3-2-4-6-7/h2-6H,1H3. The SMILES string of the molecule is CN1C(=O)N(c2ccccc2)C(=O)C1=S. The van der Waals surface area contributed by atoms with Gasteiger partial charge in [0, 0.05) is 7.05 Å². The van der Waals surface area contributed by atoms with Gasteiger partial charge in [-0.2, -0.15) is 0 Å². The van der Waals surface area contributed by atoms with Crippen LogP contribution in [0.2, 0.25) is 0 Å². The number of hydrogen-bond donors (Lipinski definition) is 0. The van der Waals surface area contributed by atoms with E-state index in [0.717, 1.165) is 4.90 Å². The van der Waals surface area contributed by atoms with E-state index in [4.69, 9.17) is 12.2 Å². The van der Waals surface area contributed by atoms with Crippen LogP contribution in [0.15, 0.2) is 30.3 Å². The normalized spacial score (nSPS) is 16.5. The van der Waals surface area contributed by atoms with E-state index in [1.54, 1.807) is 24.3 Å². The van der Waals surface area contributed by atoms with Gasteiger partial charge >= 0.3 is 6.03 Å². The average Bonchev–Trinajstić information content (AvgIpc) is 2.45. The van der Waals surface area contributed by atoms with Crippen LogP contribution < -0.4 is 4.90 Å². The molecule has 1 fully saturated rings. The molecule has 0 radical (unpaired) electrons. The molecule has 0 N–H and O–H groups in total. The summed E-state index contributed by atoms with van der Waals surface area (Å²) in [5, 5.41) is 0. The second-order valence-electron chi connectivity index (χ2n) is 3.12. The molecule has 3 amide bonds. The Morgan fingerprint density at radius 3 is 2.20 bits per heavy atom. The molecular weight excluding hydrogens is 212 g/mol. The van der Waals surface area contributed by atoms with Crippen LogP contribution in [0.25, 0.3) is 0 Å². The third kappa shape index (κ3) is 1.41. The zero-order valence-electron chi connectivity index (χ0n) is 8.01. The van der Waals surface area contributed by atoms with Gasteiger partial charge in [0.1, 0.15) is 0 Å². The van der Waals surface area contributed by atoms with Crippen LogP contribution in [0.3, 0.4) is 0 Å². The fourth-order valence-electron chi connectivity index (χ4n) is 1.37. The number of rotatable bonds is 1. The third-order valence-corrected chi connectivity index (χ3v) is 2.63. The minimum absolute atomic E-state index is 0.0313. The van der Waals surface area contributed by atoms with Crippen molar-refractivity contribution >= 4 is 34.8 Å². The van der Waals surface area contributed by atoms with Gasteiger partial charge in [-0.25, -0.2) is 9.69 Å². The Bertz CT molecular complexity index is 444. The summed E-state index contributed by atoms with van der Waals surface area (Å²) in [4.78, 5) is 25.6. The number of hydrogen-bond acceptors (Lipinski definition) is 3. The number of imide groups is 1. The molecule has 0 atom stereocenters. The average molecular weight is 220 g/mol. The van der Waals surface area contributed by atoms with Crippen LogP contribution in [-0.4, -0.2) is 28.9 Å². The van der Waals surface area contributed by atoms with Crippen LogP contribution in [0.4, 0.5) is 10.5 Å². The number of amides is 3. The number of urea groups is 1. The Morgan fingerprint density at radius 1 is 1.13 bits per heavy atom. The molecule has 1 aliphatic rings. The highest BCUT2D eigenvalue weighted by Gasteiger charge is 2.39. The first-order valence-electron chi connectivity index (χ1n) is 4.34. The maximum Gasteiger partial charge on any atom is 0.336 e. The number of carbonyl (C=O) groups is 2. The molecule has 2 rings (SSSR count). The van der Waals surface area contributed by atoms with Gasteiger partial charge in [-0.3, -0.25) is 9.69 Å². The van der Waals surface area contributed by atoms with Crippen LogP contribution in [0.1, 0.15) is 0 Å². The number of benzene rings is 1. The molecule has 1 aromatic carbocycles. The fourth-order valence-corrected chi connectivity index (χ4v) is 1.54. The molecule has 76 valence electrons. The zero-order valence-corrected chi connectivity index (χ0v) is 8.82. The van der Waals surface area contributed by atoms with Crippen LogP contribution in [0.5, 0.6) is 0 Å². The van der Waals surface area contributed by atoms with Gasteiger partial charge in [0.2, 0.25) is 0 Å². The van der Waals surface area contributed by atoms with Gasteiger partial charge in [-0.1, -0.05) is 30.4 Å². The highest BCUT2D eigenvalue weighted by molar-refractivity contribution is 7.82. The molecule has 0 unspecified atom stereocenters. The molecule has 1 saturated heterocycles. The minimum Gasteiger partial charge on any atom is -0.283 e. The molecule has 15 heavy (non-hydrogen) atoms. The van der Waals surface area contributed by atoms with Crippen molar-refractivity contribution in [1.82, 2.24) is 4.90 Å². The summed E-state index contributed by atoms with van der Waals surface area (Å²) >= 11 is 4.83. The smallest absolute Gasteiger partial charge is 0.283 e. The lowest BCUT2D eigenvalue weighted by atomic mass is 10.3.